The molecule has 6 rings (SSSR count). The molecule has 2 aliphatic rings. The van der Waals surface area contributed by atoms with E-state index in [2.05, 4.69) is 54.5 Å². The molecular weight excluding hydrogens is 599 g/mol. The second-order valence-electron chi connectivity index (χ2n) is 12.4. The Morgan fingerprint density at radius 1 is 1.04 bits per heavy atom. The van der Waals surface area contributed by atoms with Gasteiger partial charge in [-0.25, -0.2) is 9.37 Å². The minimum absolute atomic E-state index is 0.111. The molecule has 12 nitrogen and oxygen atoms in total. The van der Waals surface area contributed by atoms with Crippen LogP contribution in [0.1, 0.15) is 36.8 Å². The van der Waals surface area contributed by atoms with Gasteiger partial charge in [-0.3, -0.25) is 9.59 Å². The minimum Gasteiger partial charge on any atom is -0.354 e. The Kier molecular flexibility index (Phi) is 10.1. The van der Waals surface area contributed by atoms with Gasteiger partial charge in [-0.15, -0.1) is 10.2 Å². The summed E-state index contributed by atoms with van der Waals surface area (Å²) in [7, 11) is 0. The summed E-state index contributed by atoms with van der Waals surface area (Å²) in [6.07, 6.45) is 5.44. The van der Waals surface area contributed by atoms with Crippen molar-refractivity contribution in [2.45, 2.75) is 45.1 Å². The van der Waals surface area contributed by atoms with E-state index in [-0.39, 0.29) is 35.3 Å². The number of hydrogen-bond donors (Lipinski definition) is 5. The second-order valence-corrected chi connectivity index (χ2v) is 12.4. The average molecular weight is 641 g/mol. The minimum atomic E-state index is -0.873. The molecule has 6 N–H and O–H groups in total. The van der Waals surface area contributed by atoms with E-state index in [0.29, 0.717) is 12.5 Å². The topological polar surface area (TPSA) is 167 Å². The molecule has 13 heteroatoms. The first-order valence-corrected chi connectivity index (χ1v) is 16.2. The molecule has 2 amide bonds. The van der Waals surface area contributed by atoms with Crippen LogP contribution in [0.15, 0.2) is 54.7 Å². The van der Waals surface area contributed by atoms with Crippen LogP contribution in [0.25, 0.3) is 22.5 Å². The number of H-pyrrole nitrogens is 1. The Hall–Kier alpha value is -4.75. The van der Waals surface area contributed by atoms with Crippen molar-refractivity contribution in [2.75, 3.05) is 42.9 Å². The van der Waals surface area contributed by atoms with E-state index >= 15 is 0 Å². The number of nitrogens with zero attached hydrogens (tertiary/aromatic N) is 5. The van der Waals surface area contributed by atoms with E-state index in [4.69, 9.17) is 10.7 Å². The summed E-state index contributed by atoms with van der Waals surface area (Å²) in [5, 5.41) is 22.6. The third-order valence-electron chi connectivity index (χ3n) is 9.25. The molecule has 0 radical (unpaired) electrons. The third kappa shape index (κ3) is 7.80. The Bertz CT molecular complexity index is 1670. The summed E-state index contributed by atoms with van der Waals surface area (Å²) in [6.45, 7) is 6.47. The zero-order valence-corrected chi connectivity index (χ0v) is 26.5. The van der Waals surface area contributed by atoms with Crippen molar-refractivity contribution >= 4 is 23.3 Å². The van der Waals surface area contributed by atoms with E-state index in [1.807, 2.05) is 30.5 Å². The molecule has 1 aliphatic carbocycles. The average Bonchev–Trinajstić information content (AvgIpc) is 3.64. The molecule has 246 valence electrons. The van der Waals surface area contributed by atoms with E-state index in [1.165, 1.54) is 12.1 Å². The molecule has 4 aromatic rings. The maximum Gasteiger partial charge on any atom is 0.247 e. The number of halogens is 1. The van der Waals surface area contributed by atoms with Crippen LogP contribution < -0.4 is 26.6 Å². The highest BCUT2D eigenvalue weighted by Crippen LogP contribution is 2.29. The molecular formula is C34H41FN10O2. The quantitative estimate of drug-likeness (QED) is 0.175. The zero-order valence-electron chi connectivity index (χ0n) is 26.5. The number of nitrogens with one attached hydrogen (secondary N) is 4. The van der Waals surface area contributed by atoms with Gasteiger partial charge in [0.1, 0.15) is 17.7 Å². The number of carbonyl (C=O) groups is 2. The summed E-state index contributed by atoms with van der Waals surface area (Å²) in [6, 6.07) is 13.5. The molecule has 0 bridgehead atoms. The summed E-state index contributed by atoms with van der Waals surface area (Å²) in [5.74, 6) is 0.147. The van der Waals surface area contributed by atoms with Crippen LogP contribution >= 0.6 is 0 Å². The molecule has 1 atom stereocenters. The highest BCUT2D eigenvalue weighted by atomic mass is 19.1. The molecule has 1 saturated heterocycles. The van der Waals surface area contributed by atoms with Crippen molar-refractivity contribution in [1.29, 1.82) is 0 Å². The lowest BCUT2D eigenvalue weighted by molar-refractivity contribution is -0.130. The summed E-state index contributed by atoms with van der Waals surface area (Å²) >= 11 is 0. The number of rotatable bonds is 10. The Morgan fingerprint density at radius 3 is 2.47 bits per heavy atom. The second kappa shape index (κ2) is 14.8. The number of anilines is 2. The lowest BCUT2D eigenvalue weighted by Crippen LogP contribution is -2.48. The van der Waals surface area contributed by atoms with Gasteiger partial charge in [0.15, 0.2) is 0 Å². The third-order valence-corrected chi connectivity index (χ3v) is 9.25. The fraction of sp³-hybridized carbons (Fsp3) is 0.412. The molecule has 2 fully saturated rings. The van der Waals surface area contributed by atoms with E-state index in [9.17, 15) is 14.0 Å². The number of nitrogens with two attached hydrogens (primary N) is 1. The SMILES string of the molecule is Cc1cc(N2CCNCC2)ncc1-c1ccc(C[C@H](NC(=O)[C@H]2CC[C@H](CN)CC2)C(=O)Nc2ccc(-c3nn[nH]n3)c(F)c2)cc1. The lowest BCUT2D eigenvalue weighted by atomic mass is 9.81. The normalized spacial score (nSPS) is 18.8. The molecule has 2 aromatic carbocycles. The van der Waals surface area contributed by atoms with Crippen LogP contribution in [-0.2, 0) is 16.0 Å². The van der Waals surface area contributed by atoms with Gasteiger partial charge in [-0.1, -0.05) is 24.3 Å². The van der Waals surface area contributed by atoms with Crippen molar-refractivity contribution in [2.24, 2.45) is 17.6 Å². The number of piperazine rings is 1. The fourth-order valence-electron chi connectivity index (χ4n) is 6.41. The van der Waals surface area contributed by atoms with Crippen LogP contribution in [0, 0.1) is 24.6 Å². The Morgan fingerprint density at radius 2 is 1.81 bits per heavy atom. The number of amides is 2. The summed E-state index contributed by atoms with van der Waals surface area (Å²) < 4.78 is 14.9. The number of pyridine rings is 1. The summed E-state index contributed by atoms with van der Waals surface area (Å²) in [4.78, 5) is 34.0. The number of aryl methyl sites for hydroxylation is 1. The number of benzene rings is 2. The smallest absolute Gasteiger partial charge is 0.247 e. The van der Waals surface area contributed by atoms with Gasteiger partial charge in [-0.05, 0) is 91.2 Å². The van der Waals surface area contributed by atoms with Crippen LogP contribution in [-0.4, -0.2) is 76.2 Å². The van der Waals surface area contributed by atoms with Crippen LogP contribution in [0.3, 0.4) is 0 Å². The number of aromatic amines is 1. The molecule has 0 unspecified atom stereocenters. The number of aromatic nitrogens is 5. The van der Waals surface area contributed by atoms with Crippen molar-refractivity contribution in [3.05, 3.63) is 71.7 Å². The summed E-state index contributed by atoms with van der Waals surface area (Å²) in [5.41, 5.74) is 10.3. The van der Waals surface area contributed by atoms with Gasteiger partial charge < -0.3 is 26.6 Å². The molecule has 47 heavy (non-hydrogen) atoms. The zero-order chi connectivity index (χ0) is 32.8. The van der Waals surface area contributed by atoms with E-state index in [1.54, 1.807) is 6.07 Å². The predicted octanol–water partition coefficient (Wildman–Crippen LogP) is 3.22. The van der Waals surface area contributed by atoms with Crippen molar-refractivity contribution in [3.8, 4) is 22.5 Å². The van der Waals surface area contributed by atoms with Crippen LogP contribution in [0.2, 0.25) is 0 Å². The first kappa shape index (κ1) is 32.2. The fourth-order valence-corrected chi connectivity index (χ4v) is 6.41. The van der Waals surface area contributed by atoms with Crippen LogP contribution in [0.4, 0.5) is 15.9 Å². The maximum atomic E-state index is 14.9. The van der Waals surface area contributed by atoms with Crippen molar-refractivity contribution in [3.63, 3.8) is 0 Å². The number of carbonyl (C=O) groups excluding carboxylic acids is 2. The molecule has 3 heterocycles. The van der Waals surface area contributed by atoms with Gasteiger partial charge in [-0.2, -0.15) is 5.21 Å². The number of hydrogen-bond acceptors (Lipinski definition) is 9. The highest BCUT2D eigenvalue weighted by molar-refractivity contribution is 5.97. The van der Waals surface area contributed by atoms with Gasteiger partial charge in [0, 0.05) is 56.0 Å². The number of tetrazole rings is 1. The molecule has 1 aliphatic heterocycles. The van der Waals surface area contributed by atoms with Gasteiger partial charge in [0.25, 0.3) is 0 Å². The predicted molar refractivity (Wildman–Crippen MR) is 178 cm³/mol. The Balaban J connectivity index is 1.17. The molecule has 1 saturated carbocycles. The first-order chi connectivity index (χ1) is 22.9. The molecule has 0 spiro atoms. The monoisotopic (exact) mass is 640 g/mol. The molecule has 2 aromatic heterocycles. The maximum absolute atomic E-state index is 14.9. The van der Waals surface area contributed by atoms with Crippen molar-refractivity contribution < 1.29 is 14.0 Å². The van der Waals surface area contributed by atoms with Crippen LogP contribution in [0.5, 0.6) is 0 Å². The lowest BCUT2D eigenvalue weighted by Gasteiger charge is -2.29. The first-order valence-electron chi connectivity index (χ1n) is 16.2. The largest absolute Gasteiger partial charge is 0.354 e. The highest BCUT2D eigenvalue weighted by Gasteiger charge is 2.29. The van der Waals surface area contributed by atoms with Gasteiger partial charge in [0.05, 0.1) is 5.56 Å². The van der Waals surface area contributed by atoms with Gasteiger partial charge in [0.2, 0.25) is 17.6 Å². The Labute approximate surface area is 273 Å². The standard InChI is InChI=1S/C34H41FN10O2/c1-21-16-31(45-14-12-37-13-15-45)38-20-28(21)24-6-2-22(3-7-24)17-30(40-33(46)25-8-4-23(19-36)5-9-25)34(47)39-26-10-11-27(29(35)18-26)32-41-43-44-42-32/h2-3,6-7,10-11,16,18,20,23,25,30,37H,4-5,8-9,12-15,17,19,36H2,1H3,(H,39,47)(H,40,46)(H,41,42,43,44)/t23-,25-,30-/m0/s1. The van der Waals surface area contributed by atoms with E-state index in [0.717, 1.165) is 79.9 Å². The van der Waals surface area contributed by atoms with E-state index < -0.39 is 17.8 Å². The van der Waals surface area contributed by atoms with Gasteiger partial charge >= 0.3 is 0 Å². The van der Waals surface area contributed by atoms with Crippen molar-refractivity contribution in [1.82, 2.24) is 36.2 Å².